The van der Waals surface area contributed by atoms with Gasteiger partial charge in [-0.1, -0.05) is 0 Å². The number of aromatic nitrogens is 2. The zero-order valence-electron chi connectivity index (χ0n) is 21.2. The number of nitrogens with zero attached hydrogens (tertiary/aromatic N) is 2. The lowest BCUT2D eigenvalue weighted by atomic mass is 10.1. The molecular formula is C24H30N4O7S. The van der Waals surface area contributed by atoms with E-state index in [-0.39, 0.29) is 39.2 Å². The van der Waals surface area contributed by atoms with Gasteiger partial charge in [-0.2, -0.15) is 5.10 Å². The van der Waals surface area contributed by atoms with E-state index >= 15 is 0 Å². The Morgan fingerprint density at radius 1 is 1.11 bits per heavy atom. The third-order valence-corrected chi connectivity index (χ3v) is 6.57. The number of hydrogen-bond acceptors (Lipinski definition) is 7. The van der Waals surface area contributed by atoms with E-state index in [0.29, 0.717) is 0 Å². The van der Waals surface area contributed by atoms with Crippen LogP contribution in [-0.2, 0) is 15.6 Å². The highest BCUT2D eigenvalue weighted by Crippen LogP contribution is 2.36. The molecule has 0 saturated heterocycles. The van der Waals surface area contributed by atoms with Gasteiger partial charge in [-0.05, 0) is 78.8 Å². The molecule has 0 radical (unpaired) electrons. The van der Waals surface area contributed by atoms with Crippen molar-refractivity contribution in [2.24, 2.45) is 0 Å². The number of carboxylic acids is 1. The summed E-state index contributed by atoms with van der Waals surface area (Å²) in [4.78, 5) is 23.9. The number of carboxylic acid groups (broad SMARTS) is 1. The average molecular weight is 519 g/mol. The van der Waals surface area contributed by atoms with E-state index in [1.165, 1.54) is 42.1 Å². The summed E-state index contributed by atoms with van der Waals surface area (Å²) in [5, 5.41) is 16.3. The summed E-state index contributed by atoms with van der Waals surface area (Å²) >= 11 is 0. The topological polar surface area (TPSA) is 153 Å². The standard InChI is InChI=1S/C24H30N4O7S/c1-14-19(22(30)31)26-28(24(5,6)7)21(14)35-16-11-10-15(25-20(29)17-9-8-12-34-17)13-18(16)36(32,33)27-23(2,3)4/h8-13,27H,1-7H3,(H,25,29)(H,30,31). The first kappa shape index (κ1) is 27.0. The van der Waals surface area contributed by atoms with Crippen LogP contribution < -0.4 is 14.8 Å². The summed E-state index contributed by atoms with van der Waals surface area (Å²) in [5.74, 6) is -1.74. The molecule has 11 nitrogen and oxygen atoms in total. The van der Waals surface area contributed by atoms with E-state index in [4.69, 9.17) is 9.15 Å². The van der Waals surface area contributed by atoms with Crippen LogP contribution in [-0.4, -0.2) is 40.7 Å². The molecule has 3 N–H and O–H groups in total. The largest absolute Gasteiger partial charge is 0.476 e. The second-order valence-corrected chi connectivity index (χ2v) is 11.9. The molecule has 0 spiro atoms. The maximum absolute atomic E-state index is 13.4. The minimum absolute atomic E-state index is 0.0541. The van der Waals surface area contributed by atoms with Crippen LogP contribution in [0.1, 0.15) is 68.1 Å². The second kappa shape index (κ2) is 9.43. The summed E-state index contributed by atoms with van der Waals surface area (Å²) in [6, 6.07) is 7.14. The van der Waals surface area contributed by atoms with Crippen molar-refractivity contribution in [3.05, 3.63) is 53.6 Å². The van der Waals surface area contributed by atoms with Crippen molar-refractivity contribution in [1.29, 1.82) is 0 Å². The molecule has 1 amide bonds. The van der Waals surface area contributed by atoms with Crippen LogP contribution in [0.5, 0.6) is 11.6 Å². The van der Waals surface area contributed by atoms with Crippen LogP contribution in [0.2, 0.25) is 0 Å². The molecule has 0 atom stereocenters. The predicted molar refractivity (Wildman–Crippen MR) is 132 cm³/mol. The van der Waals surface area contributed by atoms with Crippen LogP contribution in [0.25, 0.3) is 0 Å². The third kappa shape index (κ3) is 5.94. The normalized spacial score (nSPS) is 12.4. The van der Waals surface area contributed by atoms with Gasteiger partial charge in [0, 0.05) is 16.8 Å². The van der Waals surface area contributed by atoms with Gasteiger partial charge >= 0.3 is 5.97 Å². The molecule has 0 saturated carbocycles. The maximum Gasteiger partial charge on any atom is 0.356 e. The summed E-state index contributed by atoms with van der Waals surface area (Å²) in [6.07, 6.45) is 1.35. The smallest absolute Gasteiger partial charge is 0.356 e. The Morgan fingerprint density at radius 3 is 2.31 bits per heavy atom. The number of ether oxygens (including phenoxy) is 1. The monoisotopic (exact) mass is 518 g/mol. The molecule has 0 fully saturated rings. The van der Waals surface area contributed by atoms with E-state index in [9.17, 15) is 23.1 Å². The quantitative estimate of drug-likeness (QED) is 0.417. The van der Waals surface area contributed by atoms with Crippen LogP contribution in [0.4, 0.5) is 5.69 Å². The molecule has 2 aromatic heterocycles. The maximum atomic E-state index is 13.4. The molecule has 36 heavy (non-hydrogen) atoms. The highest BCUT2D eigenvalue weighted by molar-refractivity contribution is 7.89. The molecule has 0 bridgehead atoms. The van der Waals surface area contributed by atoms with E-state index in [1.54, 1.807) is 26.8 Å². The molecule has 0 unspecified atom stereocenters. The first-order chi connectivity index (χ1) is 16.5. The Bertz CT molecular complexity index is 1390. The van der Waals surface area contributed by atoms with E-state index in [0.717, 1.165) is 0 Å². The molecule has 3 aromatic rings. The number of aromatic carboxylic acids is 1. The zero-order valence-corrected chi connectivity index (χ0v) is 22.0. The van der Waals surface area contributed by atoms with Crippen molar-refractivity contribution in [3.63, 3.8) is 0 Å². The Balaban J connectivity index is 2.14. The van der Waals surface area contributed by atoms with Crippen molar-refractivity contribution in [2.45, 2.75) is 64.4 Å². The van der Waals surface area contributed by atoms with E-state index in [1.807, 2.05) is 20.8 Å². The lowest BCUT2D eigenvalue weighted by Crippen LogP contribution is -2.40. The fraction of sp³-hybridized carbons (Fsp3) is 0.375. The lowest BCUT2D eigenvalue weighted by molar-refractivity contribution is 0.0687. The number of benzene rings is 1. The first-order valence-corrected chi connectivity index (χ1v) is 12.5. The first-order valence-electron chi connectivity index (χ1n) is 11.0. The number of rotatable bonds is 7. The highest BCUT2D eigenvalue weighted by atomic mass is 32.2. The van der Waals surface area contributed by atoms with Crippen molar-refractivity contribution in [1.82, 2.24) is 14.5 Å². The van der Waals surface area contributed by atoms with Gasteiger partial charge in [0.25, 0.3) is 5.91 Å². The lowest BCUT2D eigenvalue weighted by Gasteiger charge is -2.24. The number of anilines is 1. The van der Waals surface area contributed by atoms with Crippen molar-refractivity contribution in [2.75, 3.05) is 5.32 Å². The van der Waals surface area contributed by atoms with Gasteiger partial charge in [0.1, 0.15) is 10.6 Å². The molecule has 3 rings (SSSR count). The number of carbonyl (C=O) groups is 2. The number of hydrogen-bond donors (Lipinski definition) is 3. The van der Waals surface area contributed by atoms with Gasteiger partial charge in [0.2, 0.25) is 15.9 Å². The van der Waals surface area contributed by atoms with Crippen molar-refractivity contribution >= 4 is 27.6 Å². The summed E-state index contributed by atoms with van der Waals surface area (Å²) < 4.78 is 41.8. The zero-order chi connectivity index (χ0) is 27.1. The Morgan fingerprint density at radius 2 is 1.78 bits per heavy atom. The minimum Gasteiger partial charge on any atom is -0.476 e. The van der Waals surface area contributed by atoms with Gasteiger partial charge < -0.3 is 19.6 Å². The van der Waals surface area contributed by atoms with Gasteiger partial charge in [0.15, 0.2) is 11.5 Å². The molecular weight excluding hydrogens is 488 g/mol. The highest BCUT2D eigenvalue weighted by Gasteiger charge is 2.31. The average Bonchev–Trinajstić information content (AvgIpc) is 3.36. The molecule has 0 aliphatic carbocycles. The SMILES string of the molecule is Cc1c(C(=O)O)nn(C(C)(C)C)c1Oc1ccc(NC(=O)c2ccco2)cc1S(=O)(=O)NC(C)(C)C. The van der Waals surface area contributed by atoms with Crippen LogP contribution in [0.3, 0.4) is 0 Å². The second-order valence-electron chi connectivity index (χ2n) is 10.2. The molecule has 12 heteroatoms. The predicted octanol–water partition coefficient (Wildman–Crippen LogP) is 4.36. The van der Waals surface area contributed by atoms with E-state index in [2.05, 4.69) is 15.1 Å². The Hall–Kier alpha value is -3.64. The van der Waals surface area contributed by atoms with Crippen molar-refractivity contribution in [3.8, 4) is 11.6 Å². The minimum atomic E-state index is -4.15. The van der Waals surface area contributed by atoms with Gasteiger partial charge in [0.05, 0.1) is 11.8 Å². The van der Waals surface area contributed by atoms with Crippen LogP contribution in [0.15, 0.2) is 45.9 Å². The molecule has 194 valence electrons. The Labute approximate surface area is 209 Å². The Kier molecular flexibility index (Phi) is 7.06. The molecule has 0 aliphatic rings. The number of nitrogens with one attached hydrogen (secondary N) is 2. The summed E-state index contributed by atoms with van der Waals surface area (Å²) in [7, 11) is -4.15. The van der Waals surface area contributed by atoms with Crippen LogP contribution >= 0.6 is 0 Å². The molecule has 1 aromatic carbocycles. The number of sulfonamides is 1. The number of amides is 1. The summed E-state index contributed by atoms with van der Waals surface area (Å²) in [5.41, 5.74) is -1.28. The summed E-state index contributed by atoms with van der Waals surface area (Å²) in [6.45, 7) is 12.0. The van der Waals surface area contributed by atoms with Gasteiger partial charge in [-0.25, -0.2) is 22.6 Å². The fourth-order valence-electron chi connectivity index (χ4n) is 3.30. The fourth-order valence-corrected chi connectivity index (χ4v) is 4.87. The number of carbonyl (C=O) groups excluding carboxylic acids is 1. The van der Waals surface area contributed by atoms with Gasteiger partial charge in [-0.15, -0.1) is 0 Å². The van der Waals surface area contributed by atoms with Gasteiger partial charge in [-0.3, -0.25) is 4.79 Å². The third-order valence-electron chi connectivity index (χ3n) is 4.79. The molecule has 2 heterocycles. The van der Waals surface area contributed by atoms with Crippen LogP contribution in [0, 0.1) is 6.92 Å². The van der Waals surface area contributed by atoms with E-state index < -0.39 is 33.0 Å². The van der Waals surface area contributed by atoms with Crippen molar-refractivity contribution < 1.29 is 32.3 Å². The number of furan rings is 1. The molecule has 0 aliphatic heterocycles.